The van der Waals surface area contributed by atoms with Crippen molar-refractivity contribution in [1.29, 1.82) is 0 Å². The second-order valence-corrected chi connectivity index (χ2v) is 6.68. The molecule has 0 aliphatic carbocycles. The second kappa shape index (κ2) is 6.47. The number of carbonyl (C=O) groups excluding carboxylic acids is 2. The van der Waals surface area contributed by atoms with Gasteiger partial charge in [0.15, 0.2) is 0 Å². The molecular weight excluding hydrogens is 291 g/mol. The van der Waals surface area contributed by atoms with E-state index in [1.54, 1.807) is 0 Å². The molecule has 2 atom stereocenters. The summed E-state index contributed by atoms with van der Waals surface area (Å²) >= 11 is 1.85. The van der Waals surface area contributed by atoms with E-state index >= 15 is 0 Å². The molecule has 1 fully saturated rings. The van der Waals surface area contributed by atoms with Crippen LogP contribution in [0.25, 0.3) is 0 Å². The van der Waals surface area contributed by atoms with E-state index in [9.17, 15) is 14.0 Å². The van der Waals surface area contributed by atoms with Crippen LogP contribution in [0.5, 0.6) is 0 Å². The average Bonchev–Trinajstić information content (AvgIpc) is 2.43. The van der Waals surface area contributed by atoms with Crippen LogP contribution in [0.15, 0.2) is 18.2 Å². The Labute approximate surface area is 128 Å². The summed E-state index contributed by atoms with van der Waals surface area (Å²) in [6.07, 6.45) is 0. The van der Waals surface area contributed by atoms with Crippen LogP contribution >= 0.6 is 11.8 Å². The van der Waals surface area contributed by atoms with Crippen LogP contribution < -0.4 is 5.32 Å². The van der Waals surface area contributed by atoms with Gasteiger partial charge in [0.25, 0.3) is 5.91 Å². The Morgan fingerprint density at radius 3 is 2.76 bits per heavy atom. The predicted molar refractivity (Wildman–Crippen MR) is 83.1 cm³/mol. The molecule has 6 heteroatoms. The first-order valence-corrected chi connectivity index (χ1v) is 7.94. The third kappa shape index (κ3) is 3.56. The highest BCUT2D eigenvalue weighted by molar-refractivity contribution is 8.00. The third-order valence-electron chi connectivity index (χ3n) is 3.67. The average molecular weight is 310 g/mol. The van der Waals surface area contributed by atoms with Crippen LogP contribution in [-0.4, -0.2) is 40.3 Å². The first-order chi connectivity index (χ1) is 9.90. The van der Waals surface area contributed by atoms with Gasteiger partial charge >= 0.3 is 0 Å². The van der Waals surface area contributed by atoms with Crippen LogP contribution in [-0.2, 0) is 4.79 Å². The number of thioether (sulfide) groups is 1. The first-order valence-electron chi connectivity index (χ1n) is 6.90. The topological polar surface area (TPSA) is 49.4 Å². The van der Waals surface area contributed by atoms with Gasteiger partial charge < -0.3 is 10.2 Å². The molecule has 21 heavy (non-hydrogen) atoms. The maximum Gasteiger partial charge on any atom is 0.254 e. The van der Waals surface area contributed by atoms with Crippen LogP contribution in [0.2, 0.25) is 0 Å². The number of halogens is 1. The van der Waals surface area contributed by atoms with Crippen LogP contribution in [0.1, 0.15) is 31.1 Å². The van der Waals surface area contributed by atoms with Crippen molar-refractivity contribution in [2.75, 3.05) is 17.6 Å². The molecule has 1 aliphatic heterocycles. The minimum absolute atomic E-state index is 0.0421. The molecule has 1 N–H and O–H groups in total. The maximum atomic E-state index is 13.6. The van der Waals surface area contributed by atoms with E-state index in [-0.39, 0.29) is 23.5 Å². The van der Waals surface area contributed by atoms with Crippen molar-refractivity contribution in [2.45, 2.75) is 32.1 Å². The standard InChI is InChI=1S/C15H19FN2O2S/c1-9-10(2)21-7-6-18(9)15(20)12-4-5-13(16)14(8-12)17-11(3)19/h4-5,8-10H,6-7H2,1-3H3,(H,17,19)/t9-,10-/m0/s1. The molecule has 1 aromatic carbocycles. The number of amides is 2. The fourth-order valence-corrected chi connectivity index (χ4v) is 3.43. The Hall–Kier alpha value is -1.56. The molecule has 0 radical (unpaired) electrons. The molecule has 0 aromatic heterocycles. The van der Waals surface area contributed by atoms with E-state index in [1.807, 2.05) is 23.6 Å². The summed E-state index contributed by atoms with van der Waals surface area (Å²) in [7, 11) is 0. The fraction of sp³-hybridized carbons (Fsp3) is 0.467. The Morgan fingerprint density at radius 2 is 2.10 bits per heavy atom. The number of anilines is 1. The maximum absolute atomic E-state index is 13.6. The summed E-state index contributed by atoms with van der Waals surface area (Å²) in [5, 5.41) is 2.78. The van der Waals surface area contributed by atoms with Gasteiger partial charge in [0.2, 0.25) is 5.91 Å². The summed E-state index contributed by atoms with van der Waals surface area (Å²) in [6.45, 7) is 6.11. The fourth-order valence-electron chi connectivity index (χ4n) is 2.33. The Kier molecular flexibility index (Phi) is 4.88. The number of carbonyl (C=O) groups is 2. The number of hydrogen-bond donors (Lipinski definition) is 1. The number of nitrogens with one attached hydrogen (secondary N) is 1. The lowest BCUT2D eigenvalue weighted by molar-refractivity contribution is -0.114. The molecule has 2 rings (SSSR count). The third-order valence-corrected chi connectivity index (χ3v) is 5.01. The molecule has 1 heterocycles. The monoisotopic (exact) mass is 310 g/mol. The van der Waals surface area contributed by atoms with Gasteiger partial charge in [0.05, 0.1) is 5.69 Å². The lowest BCUT2D eigenvalue weighted by Gasteiger charge is -2.37. The molecule has 1 saturated heterocycles. The summed E-state index contributed by atoms with van der Waals surface area (Å²) in [6, 6.07) is 4.21. The van der Waals surface area contributed by atoms with Crippen molar-refractivity contribution in [2.24, 2.45) is 0 Å². The van der Waals surface area contributed by atoms with Gasteiger partial charge in [0, 0.05) is 36.1 Å². The molecule has 4 nitrogen and oxygen atoms in total. The van der Waals surface area contributed by atoms with Crippen molar-refractivity contribution in [1.82, 2.24) is 4.90 Å². The lowest BCUT2D eigenvalue weighted by Crippen LogP contribution is -2.47. The Balaban J connectivity index is 2.24. The molecular formula is C15H19FN2O2S. The SMILES string of the molecule is CC(=O)Nc1cc(C(=O)N2CCS[C@@H](C)[C@@H]2C)ccc1F. The highest BCUT2D eigenvalue weighted by Gasteiger charge is 2.29. The number of benzene rings is 1. The van der Waals surface area contributed by atoms with Gasteiger partial charge in [-0.15, -0.1) is 0 Å². The van der Waals surface area contributed by atoms with Crippen LogP contribution in [0, 0.1) is 5.82 Å². The van der Waals surface area contributed by atoms with Gasteiger partial charge in [-0.3, -0.25) is 9.59 Å². The van der Waals surface area contributed by atoms with E-state index in [0.29, 0.717) is 17.4 Å². The van der Waals surface area contributed by atoms with Crippen molar-refractivity contribution in [3.63, 3.8) is 0 Å². The van der Waals surface area contributed by atoms with Crippen molar-refractivity contribution < 1.29 is 14.0 Å². The molecule has 0 saturated carbocycles. The Bertz CT molecular complexity index is 565. The van der Waals surface area contributed by atoms with E-state index in [0.717, 1.165) is 5.75 Å². The van der Waals surface area contributed by atoms with E-state index in [1.165, 1.54) is 25.1 Å². The summed E-state index contributed by atoms with van der Waals surface area (Å²) in [5.41, 5.74) is 0.437. The zero-order valence-corrected chi connectivity index (χ0v) is 13.2. The molecule has 2 amide bonds. The highest BCUT2D eigenvalue weighted by atomic mass is 32.2. The number of rotatable bonds is 2. The van der Waals surface area contributed by atoms with Gasteiger partial charge in [-0.2, -0.15) is 11.8 Å². The van der Waals surface area contributed by atoms with Crippen molar-refractivity contribution in [3.8, 4) is 0 Å². The van der Waals surface area contributed by atoms with E-state index in [4.69, 9.17) is 0 Å². The van der Waals surface area contributed by atoms with Gasteiger partial charge in [0.1, 0.15) is 5.82 Å². The van der Waals surface area contributed by atoms with Gasteiger partial charge in [-0.25, -0.2) is 4.39 Å². The quantitative estimate of drug-likeness (QED) is 0.914. The second-order valence-electron chi connectivity index (χ2n) is 5.19. The number of nitrogens with zero attached hydrogens (tertiary/aromatic N) is 1. The predicted octanol–water partition coefficient (Wildman–Crippen LogP) is 2.75. The van der Waals surface area contributed by atoms with E-state index in [2.05, 4.69) is 12.2 Å². The van der Waals surface area contributed by atoms with Gasteiger partial charge in [-0.05, 0) is 25.1 Å². The molecule has 1 aliphatic rings. The van der Waals surface area contributed by atoms with Crippen molar-refractivity contribution in [3.05, 3.63) is 29.6 Å². The Morgan fingerprint density at radius 1 is 1.38 bits per heavy atom. The normalized spacial score (nSPS) is 22.0. The smallest absolute Gasteiger partial charge is 0.254 e. The van der Waals surface area contributed by atoms with E-state index < -0.39 is 5.82 Å². The van der Waals surface area contributed by atoms with Crippen LogP contribution in [0.3, 0.4) is 0 Å². The summed E-state index contributed by atoms with van der Waals surface area (Å²) in [5.74, 6) is -0.134. The minimum atomic E-state index is -0.544. The zero-order valence-electron chi connectivity index (χ0n) is 12.4. The molecule has 1 aromatic rings. The minimum Gasteiger partial charge on any atom is -0.334 e. The first kappa shape index (κ1) is 15.8. The molecule has 0 spiro atoms. The van der Waals surface area contributed by atoms with Crippen molar-refractivity contribution >= 4 is 29.3 Å². The summed E-state index contributed by atoms with van der Waals surface area (Å²) in [4.78, 5) is 25.5. The molecule has 0 bridgehead atoms. The molecule has 0 unspecified atom stereocenters. The largest absolute Gasteiger partial charge is 0.334 e. The summed E-state index contributed by atoms with van der Waals surface area (Å²) < 4.78 is 13.6. The molecule has 114 valence electrons. The number of hydrogen-bond acceptors (Lipinski definition) is 3. The highest BCUT2D eigenvalue weighted by Crippen LogP contribution is 2.26. The zero-order chi connectivity index (χ0) is 15.6. The van der Waals surface area contributed by atoms with Crippen LogP contribution in [0.4, 0.5) is 10.1 Å². The lowest BCUT2D eigenvalue weighted by atomic mass is 10.1. The van der Waals surface area contributed by atoms with Gasteiger partial charge in [-0.1, -0.05) is 6.92 Å².